The maximum atomic E-state index is 12.1. The molecule has 0 amide bonds. The number of pyridine rings is 2. The van der Waals surface area contributed by atoms with E-state index in [1.165, 1.54) is 0 Å². The van der Waals surface area contributed by atoms with Crippen molar-refractivity contribution in [3.63, 3.8) is 0 Å². The van der Waals surface area contributed by atoms with Gasteiger partial charge in [-0.15, -0.1) is 5.10 Å². The fourth-order valence-corrected chi connectivity index (χ4v) is 5.97. The summed E-state index contributed by atoms with van der Waals surface area (Å²) in [7, 11) is 0. The number of fused-ring (bicyclic) bond motifs is 2. The molecule has 0 bridgehead atoms. The maximum absolute atomic E-state index is 12.1. The van der Waals surface area contributed by atoms with Crippen molar-refractivity contribution in [2.45, 2.75) is 35.1 Å². The van der Waals surface area contributed by atoms with Crippen LogP contribution in [0, 0.1) is 27.7 Å². The predicted molar refractivity (Wildman–Crippen MR) is 222 cm³/mol. The summed E-state index contributed by atoms with van der Waals surface area (Å²) in [4.78, 5) is 20.7. The van der Waals surface area contributed by atoms with Crippen molar-refractivity contribution in [1.29, 1.82) is 0 Å². The number of aromatic amines is 1. The summed E-state index contributed by atoms with van der Waals surface area (Å²) in [5.74, 6) is 2.33. The Kier molecular flexibility index (Phi) is 13.6. The lowest BCUT2D eigenvalue weighted by atomic mass is 9.99. The Morgan fingerprint density at radius 2 is 1.16 bits per heavy atom. The number of nitrogens with one attached hydrogen (secondary N) is 1. The highest BCUT2D eigenvalue weighted by Gasteiger charge is 2.15. The molecule has 0 radical (unpaired) electrons. The van der Waals surface area contributed by atoms with Gasteiger partial charge < -0.3 is 18.3 Å². The van der Waals surface area contributed by atoms with Gasteiger partial charge in [0.15, 0.2) is 5.15 Å². The number of furan rings is 2. The van der Waals surface area contributed by atoms with Gasteiger partial charge in [0.2, 0.25) is 11.8 Å². The molecule has 1 N–H and O–H groups in total. The standard InChI is InChI=1S/C19H14ClN3O2.C19H15N3O3.CH4.Cl3OP/c1-11-9-13(25-19-15-6-8-24-16(15)5-7-21-19)3-4-14(11)17-12(2)10-22-23-18(17)20;1-11-9-13(25-19-15-6-8-24-16(15)5-7-20-19)3-4-14(11)17-12(2)10-21-22-18(17)23;;1-5(2,3)4/h3-10H,1-2H3;3-10H,1-2H3,(H,22,23);1H4;. The van der Waals surface area contributed by atoms with Crippen LogP contribution >= 0.6 is 50.5 Å². The van der Waals surface area contributed by atoms with E-state index < -0.39 is 5.20 Å². The second-order valence-electron chi connectivity index (χ2n) is 11.9. The Morgan fingerprint density at radius 3 is 1.62 bits per heavy atom. The molecule has 12 nitrogen and oxygen atoms in total. The molecule has 0 aliphatic carbocycles. The molecular formula is C39H33Cl4N6O6P. The first-order valence-corrected chi connectivity index (χ1v) is 21.0. The summed E-state index contributed by atoms with van der Waals surface area (Å²) in [5.41, 5.74) is 8.35. The summed E-state index contributed by atoms with van der Waals surface area (Å²) >= 11 is 20.1. The van der Waals surface area contributed by atoms with Crippen LogP contribution in [0.5, 0.6) is 23.3 Å². The van der Waals surface area contributed by atoms with Crippen molar-refractivity contribution in [1.82, 2.24) is 30.4 Å². The topological polar surface area (TPSA) is 159 Å². The second-order valence-corrected chi connectivity index (χ2v) is 18.9. The lowest BCUT2D eigenvalue weighted by Crippen LogP contribution is -2.12. The fraction of sp³-hybridized carbons (Fsp3) is 0.128. The summed E-state index contributed by atoms with van der Waals surface area (Å²) in [6.07, 6.45) is 9.87. The first-order valence-electron chi connectivity index (χ1n) is 16.2. The number of H-pyrrole nitrogens is 1. The molecule has 8 aromatic rings. The summed E-state index contributed by atoms with van der Waals surface area (Å²) < 4.78 is 32.1. The molecular weight excluding hydrogens is 821 g/mol. The van der Waals surface area contributed by atoms with Crippen LogP contribution in [0.3, 0.4) is 0 Å². The van der Waals surface area contributed by atoms with Crippen molar-refractivity contribution in [2.75, 3.05) is 0 Å². The molecule has 0 aliphatic rings. The zero-order valence-corrected chi connectivity index (χ0v) is 33.3. The first-order chi connectivity index (χ1) is 26.3. The van der Waals surface area contributed by atoms with Crippen LogP contribution < -0.4 is 15.0 Å². The van der Waals surface area contributed by atoms with E-state index in [0.29, 0.717) is 34.0 Å². The Bertz CT molecular complexity index is 2720. The average Bonchev–Trinajstić information content (AvgIpc) is 3.81. The highest BCUT2D eigenvalue weighted by Crippen LogP contribution is 2.61. The number of aromatic nitrogens is 6. The minimum Gasteiger partial charge on any atom is -0.464 e. The lowest BCUT2D eigenvalue weighted by Gasteiger charge is -2.12. The summed E-state index contributed by atoms with van der Waals surface area (Å²) in [6, 6.07) is 18.6. The molecule has 0 saturated carbocycles. The number of hydrogen-bond donors (Lipinski definition) is 1. The molecule has 6 aromatic heterocycles. The predicted octanol–water partition coefficient (Wildman–Crippen LogP) is 12.8. The number of benzene rings is 2. The summed E-state index contributed by atoms with van der Waals surface area (Å²) in [6.45, 7) is 7.77. The second kappa shape index (κ2) is 18.1. The van der Waals surface area contributed by atoms with Crippen LogP contribution in [0.2, 0.25) is 5.15 Å². The van der Waals surface area contributed by atoms with E-state index in [-0.39, 0.29) is 13.0 Å². The van der Waals surface area contributed by atoms with Crippen molar-refractivity contribution >= 4 is 72.5 Å². The van der Waals surface area contributed by atoms with Gasteiger partial charge in [0.05, 0.1) is 41.3 Å². The highest BCUT2D eigenvalue weighted by molar-refractivity contribution is 8.24. The summed E-state index contributed by atoms with van der Waals surface area (Å²) in [5, 5.41) is 12.9. The molecule has 0 spiro atoms. The number of ether oxygens (including phenoxy) is 2. The molecule has 0 saturated heterocycles. The quantitative estimate of drug-likeness (QED) is 0.159. The Balaban J connectivity index is 0.000000188. The zero-order chi connectivity index (χ0) is 39.3. The van der Waals surface area contributed by atoms with Gasteiger partial charge >= 0.3 is 5.20 Å². The van der Waals surface area contributed by atoms with Gasteiger partial charge in [0, 0.05) is 18.0 Å². The molecule has 0 unspecified atom stereocenters. The van der Waals surface area contributed by atoms with E-state index in [2.05, 4.69) is 64.1 Å². The molecule has 288 valence electrons. The number of nitrogens with zero attached hydrogens (tertiary/aromatic N) is 5. The van der Waals surface area contributed by atoms with E-state index in [1.54, 1.807) is 49.4 Å². The Morgan fingerprint density at radius 1 is 0.679 bits per heavy atom. The number of rotatable bonds is 6. The smallest absolute Gasteiger partial charge is 0.339 e. The highest BCUT2D eigenvalue weighted by atomic mass is 36.0. The van der Waals surface area contributed by atoms with E-state index in [1.807, 2.05) is 76.2 Å². The van der Waals surface area contributed by atoms with Crippen LogP contribution in [0.4, 0.5) is 0 Å². The van der Waals surface area contributed by atoms with Crippen LogP contribution in [0.15, 0.2) is 112 Å². The van der Waals surface area contributed by atoms with E-state index >= 15 is 0 Å². The minimum absolute atomic E-state index is 0. The molecule has 8 rings (SSSR count). The van der Waals surface area contributed by atoms with Gasteiger partial charge in [-0.2, -0.15) is 10.2 Å². The third-order valence-corrected chi connectivity index (χ3v) is 8.36. The maximum Gasteiger partial charge on any atom is 0.339 e. The molecule has 0 fully saturated rings. The van der Waals surface area contributed by atoms with E-state index in [0.717, 1.165) is 60.9 Å². The van der Waals surface area contributed by atoms with Crippen LogP contribution in [-0.4, -0.2) is 30.4 Å². The molecule has 0 aliphatic heterocycles. The normalized spacial score (nSPS) is 10.9. The van der Waals surface area contributed by atoms with Gasteiger partial charge in [-0.3, -0.25) is 9.36 Å². The van der Waals surface area contributed by atoms with E-state index in [4.69, 9.17) is 29.9 Å². The van der Waals surface area contributed by atoms with Crippen molar-refractivity contribution in [2.24, 2.45) is 0 Å². The van der Waals surface area contributed by atoms with Crippen molar-refractivity contribution in [3.05, 3.63) is 136 Å². The minimum atomic E-state index is -3.22. The van der Waals surface area contributed by atoms with Crippen molar-refractivity contribution < 1.29 is 22.9 Å². The number of hydrogen-bond acceptors (Lipinski definition) is 11. The van der Waals surface area contributed by atoms with Gasteiger partial charge in [-0.25, -0.2) is 15.1 Å². The lowest BCUT2D eigenvalue weighted by molar-refractivity contribution is 0.468. The zero-order valence-electron chi connectivity index (χ0n) is 29.4. The molecule has 2 aromatic carbocycles. The average molecular weight is 855 g/mol. The van der Waals surface area contributed by atoms with Crippen molar-refractivity contribution in [3.8, 4) is 45.5 Å². The molecule has 17 heteroatoms. The van der Waals surface area contributed by atoms with Gasteiger partial charge in [0.25, 0.3) is 5.56 Å². The molecule has 56 heavy (non-hydrogen) atoms. The van der Waals surface area contributed by atoms with Gasteiger partial charge in [-0.1, -0.05) is 31.2 Å². The van der Waals surface area contributed by atoms with Gasteiger partial charge in [0.1, 0.15) is 22.7 Å². The Labute approximate surface area is 340 Å². The van der Waals surface area contributed by atoms with E-state index in [9.17, 15) is 9.36 Å². The van der Waals surface area contributed by atoms with Crippen LogP contribution in [-0.2, 0) is 4.57 Å². The van der Waals surface area contributed by atoms with Crippen LogP contribution in [0.1, 0.15) is 29.7 Å². The molecule has 6 heterocycles. The van der Waals surface area contributed by atoms with Gasteiger partial charge in [-0.05, 0) is 143 Å². The number of halogens is 4. The first kappa shape index (κ1) is 41.9. The largest absolute Gasteiger partial charge is 0.464 e. The monoisotopic (exact) mass is 852 g/mol. The SMILES string of the molecule is C.Cc1cc(Oc2nccc3occc23)ccc1-c1c(C)cn[nH]c1=O.Cc1cc(Oc2nccc3occc23)ccc1-c1c(C)cnnc1Cl.O=P(Cl)(Cl)Cl. The third kappa shape index (κ3) is 10.1. The third-order valence-electron chi connectivity index (χ3n) is 8.09. The number of aryl methyl sites for hydroxylation is 4. The van der Waals surface area contributed by atoms with Crippen LogP contribution in [0.25, 0.3) is 44.2 Å². The molecule has 0 atom stereocenters. The fourth-order valence-electron chi connectivity index (χ4n) is 5.67. The Hall–Kier alpha value is -5.23.